The van der Waals surface area contributed by atoms with Gasteiger partial charge in [0.05, 0.1) is 25.5 Å². The summed E-state index contributed by atoms with van der Waals surface area (Å²) in [6.07, 6.45) is 3.91. The average molecular weight is 265 g/mol. The molecule has 1 heterocycles. The van der Waals surface area contributed by atoms with Crippen molar-refractivity contribution in [3.05, 3.63) is 11.9 Å². The quantitative estimate of drug-likeness (QED) is 0.809. The number of likely N-dealkylation sites (N-methyl/N-ethyl adjacent to an activating group) is 1. The third-order valence-electron chi connectivity index (χ3n) is 3.90. The topological polar surface area (TPSA) is 47.4 Å². The Balaban J connectivity index is 2.31. The number of aromatic nitrogens is 2. The molecule has 1 aromatic rings. The fourth-order valence-electron chi connectivity index (χ4n) is 2.82. The molecule has 2 rings (SSSR count). The summed E-state index contributed by atoms with van der Waals surface area (Å²) in [5.41, 5.74) is 0.938. The van der Waals surface area contributed by atoms with Crippen molar-refractivity contribution in [2.45, 2.75) is 38.1 Å². The molecule has 1 aromatic heterocycles. The predicted molar refractivity (Wildman–Crippen MR) is 73.5 cm³/mol. The molecule has 0 N–H and O–H groups in total. The number of ketones is 1. The van der Waals surface area contributed by atoms with E-state index in [9.17, 15) is 4.79 Å². The Bertz CT molecular complexity index is 467. The molecule has 0 aliphatic heterocycles. The molecular weight excluding hydrogens is 242 g/mol. The number of hydrogen-bond acceptors (Lipinski definition) is 4. The van der Waals surface area contributed by atoms with E-state index in [0.29, 0.717) is 18.6 Å². The van der Waals surface area contributed by atoms with E-state index in [0.717, 1.165) is 31.0 Å². The molecule has 19 heavy (non-hydrogen) atoms. The van der Waals surface area contributed by atoms with Crippen molar-refractivity contribution in [1.82, 2.24) is 14.7 Å². The molecule has 0 amide bonds. The van der Waals surface area contributed by atoms with Crippen molar-refractivity contribution in [2.75, 3.05) is 27.7 Å². The zero-order valence-corrected chi connectivity index (χ0v) is 12.3. The van der Waals surface area contributed by atoms with E-state index >= 15 is 0 Å². The molecule has 1 unspecified atom stereocenters. The number of rotatable bonds is 5. The summed E-state index contributed by atoms with van der Waals surface area (Å²) in [4.78, 5) is 13.8. The highest BCUT2D eigenvalue weighted by atomic mass is 16.5. The monoisotopic (exact) mass is 265 g/mol. The zero-order chi connectivity index (χ0) is 14.0. The Hall–Kier alpha value is -1.36. The highest BCUT2D eigenvalue weighted by molar-refractivity contribution is 5.82. The summed E-state index contributed by atoms with van der Waals surface area (Å²) in [7, 11) is 5.75. The minimum Gasteiger partial charge on any atom is -0.493 e. The predicted octanol–water partition coefficient (Wildman–Crippen LogP) is 1.46. The number of nitrogens with zero attached hydrogens (tertiary/aromatic N) is 3. The number of methoxy groups -OCH3 is 1. The lowest BCUT2D eigenvalue weighted by atomic mass is 9.84. The van der Waals surface area contributed by atoms with Crippen LogP contribution in [0.5, 0.6) is 5.75 Å². The third kappa shape index (κ3) is 2.81. The van der Waals surface area contributed by atoms with Crippen LogP contribution in [0.4, 0.5) is 0 Å². The second-order valence-electron chi connectivity index (χ2n) is 5.86. The second kappa shape index (κ2) is 5.33. The lowest BCUT2D eigenvalue weighted by Gasteiger charge is -2.25. The van der Waals surface area contributed by atoms with Gasteiger partial charge in [-0.2, -0.15) is 5.10 Å². The van der Waals surface area contributed by atoms with Crippen LogP contribution in [0.25, 0.3) is 0 Å². The molecule has 1 aliphatic rings. The van der Waals surface area contributed by atoms with Crippen molar-refractivity contribution in [3.8, 4) is 5.75 Å². The first kappa shape index (κ1) is 14.1. The molecular formula is C14H23N3O2. The summed E-state index contributed by atoms with van der Waals surface area (Å²) in [5.74, 6) is 1.14. The molecule has 0 saturated heterocycles. The van der Waals surface area contributed by atoms with E-state index in [1.54, 1.807) is 13.3 Å². The maximum absolute atomic E-state index is 11.7. The molecule has 1 saturated carbocycles. The van der Waals surface area contributed by atoms with Crippen LogP contribution in [0.15, 0.2) is 6.20 Å². The summed E-state index contributed by atoms with van der Waals surface area (Å²) in [6.45, 7) is 3.88. The summed E-state index contributed by atoms with van der Waals surface area (Å²) in [5, 5.41) is 4.43. The van der Waals surface area contributed by atoms with Crippen molar-refractivity contribution in [2.24, 2.45) is 0 Å². The van der Waals surface area contributed by atoms with E-state index in [4.69, 9.17) is 4.74 Å². The highest BCUT2D eigenvalue weighted by Gasteiger charge is 2.40. The van der Waals surface area contributed by atoms with Gasteiger partial charge in [-0.1, -0.05) is 6.92 Å². The van der Waals surface area contributed by atoms with Gasteiger partial charge in [-0.05, 0) is 20.5 Å². The zero-order valence-electron chi connectivity index (χ0n) is 12.3. The first-order chi connectivity index (χ1) is 8.96. The Morgan fingerprint density at radius 2 is 2.26 bits per heavy atom. The maximum atomic E-state index is 11.7. The van der Waals surface area contributed by atoms with Crippen molar-refractivity contribution >= 4 is 5.78 Å². The second-order valence-corrected chi connectivity index (χ2v) is 5.86. The van der Waals surface area contributed by atoms with Crippen LogP contribution in [0.3, 0.4) is 0 Å². The standard InChI is InChI=1S/C14H23N3O2/c1-14(6-5-11(18)9-14)13-12(19-4)10-15-17(13)8-7-16(2)3/h10H,5-9H2,1-4H3. The minimum absolute atomic E-state index is 0.134. The fraction of sp³-hybridized carbons (Fsp3) is 0.714. The lowest BCUT2D eigenvalue weighted by Crippen LogP contribution is -2.27. The van der Waals surface area contributed by atoms with E-state index < -0.39 is 0 Å². The molecule has 5 heteroatoms. The average Bonchev–Trinajstić information content (AvgIpc) is 2.91. The van der Waals surface area contributed by atoms with Gasteiger partial charge in [-0.15, -0.1) is 0 Å². The smallest absolute Gasteiger partial charge is 0.160 e. The number of ether oxygens (including phenoxy) is 1. The van der Waals surface area contributed by atoms with Crippen LogP contribution < -0.4 is 4.74 Å². The largest absolute Gasteiger partial charge is 0.493 e. The van der Waals surface area contributed by atoms with Crippen LogP contribution in [-0.4, -0.2) is 48.2 Å². The molecule has 0 bridgehead atoms. The van der Waals surface area contributed by atoms with Crippen LogP contribution in [0, 0.1) is 0 Å². The number of carbonyl (C=O) groups excluding carboxylic acids is 1. The SMILES string of the molecule is COc1cnn(CCN(C)C)c1C1(C)CCC(=O)C1. The highest BCUT2D eigenvalue weighted by Crippen LogP contribution is 2.42. The summed E-state index contributed by atoms with van der Waals surface area (Å²) < 4.78 is 7.43. The van der Waals surface area contributed by atoms with Crippen molar-refractivity contribution < 1.29 is 9.53 Å². The molecule has 5 nitrogen and oxygen atoms in total. The van der Waals surface area contributed by atoms with Gasteiger partial charge in [-0.3, -0.25) is 9.48 Å². The first-order valence-electron chi connectivity index (χ1n) is 6.73. The van der Waals surface area contributed by atoms with Gasteiger partial charge in [0.1, 0.15) is 5.78 Å². The number of Topliss-reactive ketones (excluding diaryl/α,β-unsaturated/α-hetero) is 1. The van der Waals surface area contributed by atoms with Gasteiger partial charge < -0.3 is 9.64 Å². The number of carbonyl (C=O) groups is 1. The molecule has 1 atom stereocenters. The molecule has 0 spiro atoms. The van der Waals surface area contributed by atoms with E-state index in [1.165, 1.54) is 0 Å². The van der Waals surface area contributed by atoms with Gasteiger partial charge in [0.25, 0.3) is 0 Å². The van der Waals surface area contributed by atoms with Crippen molar-refractivity contribution in [3.63, 3.8) is 0 Å². The Kier molecular flexibility index (Phi) is 3.94. The van der Waals surface area contributed by atoms with Gasteiger partial charge >= 0.3 is 0 Å². The molecule has 0 radical (unpaired) electrons. The van der Waals surface area contributed by atoms with Gasteiger partial charge in [0.15, 0.2) is 5.75 Å². The maximum Gasteiger partial charge on any atom is 0.160 e. The van der Waals surface area contributed by atoms with Gasteiger partial charge in [0, 0.05) is 24.8 Å². The first-order valence-corrected chi connectivity index (χ1v) is 6.73. The molecule has 1 aliphatic carbocycles. The molecule has 1 fully saturated rings. The Morgan fingerprint density at radius 3 is 2.79 bits per heavy atom. The number of hydrogen-bond donors (Lipinski definition) is 0. The van der Waals surface area contributed by atoms with E-state index in [-0.39, 0.29) is 5.41 Å². The van der Waals surface area contributed by atoms with E-state index in [2.05, 4.69) is 16.9 Å². The molecule has 0 aromatic carbocycles. The minimum atomic E-state index is -0.134. The Labute approximate surface area is 114 Å². The van der Waals surface area contributed by atoms with Crippen LogP contribution in [0.2, 0.25) is 0 Å². The van der Waals surface area contributed by atoms with Crippen molar-refractivity contribution in [1.29, 1.82) is 0 Å². The fourth-order valence-corrected chi connectivity index (χ4v) is 2.82. The Morgan fingerprint density at radius 1 is 1.53 bits per heavy atom. The summed E-state index contributed by atoms with van der Waals surface area (Å²) >= 11 is 0. The van der Waals surface area contributed by atoms with Gasteiger partial charge in [0.2, 0.25) is 0 Å². The molecule has 106 valence electrons. The normalized spacial score (nSPS) is 23.3. The lowest BCUT2D eigenvalue weighted by molar-refractivity contribution is -0.117. The summed E-state index contributed by atoms with van der Waals surface area (Å²) in [6, 6.07) is 0. The van der Waals surface area contributed by atoms with E-state index in [1.807, 2.05) is 18.8 Å². The van der Waals surface area contributed by atoms with Gasteiger partial charge in [-0.25, -0.2) is 0 Å². The van der Waals surface area contributed by atoms with Crippen LogP contribution in [0.1, 0.15) is 31.9 Å². The third-order valence-corrected chi connectivity index (χ3v) is 3.90. The van der Waals surface area contributed by atoms with Crippen LogP contribution in [-0.2, 0) is 16.8 Å². The van der Waals surface area contributed by atoms with Crippen LogP contribution >= 0.6 is 0 Å².